The molecule has 0 atom stereocenters. The number of aryl methyl sites for hydroxylation is 1. The first kappa shape index (κ1) is 26.8. The Balaban J connectivity index is 1.88. The molecule has 0 bridgehead atoms. The first-order chi connectivity index (χ1) is 16.3. The fourth-order valence-electron chi connectivity index (χ4n) is 3.60. The van der Waals surface area contributed by atoms with E-state index in [0.29, 0.717) is 28.0 Å². The van der Waals surface area contributed by atoms with Gasteiger partial charge < -0.3 is 10.2 Å². The largest absolute Gasteiger partial charge is 0.329 e. The lowest BCUT2D eigenvalue weighted by Gasteiger charge is -2.24. The summed E-state index contributed by atoms with van der Waals surface area (Å²) in [6, 6.07) is 14.5. The van der Waals surface area contributed by atoms with Gasteiger partial charge >= 0.3 is 0 Å². The number of aromatic nitrogens is 2. The van der Waals surface area contributed by atoms with Gasteiger partial charge in [0, 0.05) is 33.6 Å². The normalized spacial score (nSPS) is 11.6. The van der Waals surface area contributed by atoms with Gasteiger partial charge in [0.1, 0.15) is 12.4 Å². The lowest BCUT2D eigenvalue weighted by molar-refractivity contribution is -0.117. The van der Waals surface area contributed by atoms with Crippen molar-refractivity contribution >= 4 is 40.8 Å². The standard InChI is InChI=1S/C27H32Cl2N4O2/c1-17(2)15-32(26(35)19-11-20(28)13-21(29)12-19)16-25(34)30-24-14-23(27(4,5)6)31-33(24)22-9-7-18(3)8-10-22/h7-14,17H,15-16H2,1-6H3,(H,30,34). The summed E-state index contributed by atoms with van der Waals surface area (Å²) in [5, 5.41) is 8.45. The maximum absolute atomic E-state index is 13.2. The van der Waals surface area contributed by atoms with Crippen LogP contribution in [0.5, 0.6) is 0 Å². The van der Waals surface area contributed by atoms with Crippen molar-refractivity contribution in [2.45, 2.75) is 47.0 Å². The van der Waals surface area contributed by atoms with Gasteiger partial charge in [0.2, 0.25) is 5.91 Å². The zero-order valence-electron chi connectivity index (χ0n) is 21.0. The first-order valence-corrected chi connectivity index (χ1v) is 12.3. The highest BCUT2D eigenvalue weighted by Crippen LogP contribution is 2.27. The summed E-state index contributed by atoms with van der Waals surface area (Å²) in [6.07, 6.45) is 0. The van der Waals surface area contributed by atoms with Crippen LogP contribution in [0.25, 0.3) is 5.69 Å². The van der Waals surface area contributed by atoms with E-state index in [4.69, 9.17) is 28.3 Å². The molecule has 0 aliphatic heterocycles. The summed E-state index contributed by atoms with van der Waals surface area (Å²) in [7, 11) is 0. The SMILES string of the molecule is Cc1ccc(-n2nc(C(C)(C)C)cc2NC(=O)CN(CC(C)C)C(=O)c2cc(Cl)cc(Cl)c2)cc1. The number of amides is 2. The van der Waals surface area contributed by atoms with E-state index in [9.17, 15) is 9.59 Å². The minimum atomic E-state index is -0.319. The van der Waals surface area contributed by atoms with E-state index in [1.807, 2.05) is 51.1 Å². The minimum Gasteiger partial charge on any atom is -0.329 e. The Hall–Kier alpha value is -2.83. The number of nitrogens with one attached hydrogen (secondary N) is 1. The third-order valence-electron chi connectivity index (χ3n) is 5.34. The molecule has 3 aromatic rings. The lowest BCUT2D eigenvalue weighted by atomic mass is 9.92. The predicted molar refractivity (Wildman–Crippen MR) is 143 cm³/mol. The zero-order chi connectivity index (χ0) is 25.9. The van der Waals surface area contributed by atoms with Crippen molar-refractivity contribution in [1.82, 2.24) is 14.7 Å². The molecule has 0 spiro atoms. The fraction of sp³-hybridized carbons (Fsp3) is 0.370. The van der Waals surface area contributed by atoms with Gasteiger partial charge in [0.15, 0.2) is 0 Å². The Morgan fingerprint density at radius 2 is 1.63 bits per heavy atom. The van der Waals surface area contributed by atoms with Gasteiger partial charge in [-0.15, -0.1) is 0 Å². The Morgan fingerprint density at radius 3 is 2.17 bits per heavy atom. The van der Waals surface area contributed by atoms with Crippen molar-refractivity contribution in [1.29, 1.82) is 0 Å². The topological polar surface area (TPSA) is 67.2 Å². The van der Waals surface area contributed by atoms with E-state index in [0.717, 1.165) is 16.9 Å². The molecule has 0 unspecified atom stereocenters. The van der Waals surface area contributed by atoms with Crippen LogP contribution in [0.15, 0.2) is 48.5 Å². The fourth-order valence-corrected chi connectivity index (χ4v) is 4.12. The van der Waals surface area contributed by atoms with Crippen molar-refractivity contribution < 1.29 is 9.59 Å². The van der Waals surface area contributed by atoms with Crippen LogP contribution in [0.1, 0.15) is 56.2 Å². The van der Waals surface area contributed by atoms with E-state index < -0.39 is 0 Å². The average molecular weight is 515 g/mol. The number of carbonyl (C=O) groups is 2. The third kappa shape index (κ3) is 7.09. The molecule has 0 fully saturated rings. The number of anilines is 1. The van der Waals surface area contributed by atoms with Crippen molar-refractivity contribution in [2.75, 3.05) is 18.4 Å². The third-order valence-corrected chi connectivity index (χ3v) is 5.78. The molecule has 1 heterocycles. The number of hydrogen-bond donors (Lipinski definition) is 1. The molecule has 1 N–H and O–H groups in total. The van der Waals surface area contributed by atoms with Crippen LogP contribution in [0, 0.1) is 12.8 Å². The highest BCUT2D eigenvalue weighted by molar-refractivity contribution is 6.35. The van der Waals surface area contributed by atoms with Crippen LogP contribution in [0.3, 0.4) is 0 Å². The van der Waals surface area contributed by atoms with Gasteiger partial charge in [-0.25, -0.2) is 4.68 Å². The smallest absolute Gasteiger partial charge is 0.254 e. The highest BCUT2D eigenvalue weighted by Gasteiger charge is 2.24. The quantitative estimate of drug-likeness (QED) is 0.390. The molecule has 0 aliphatic rings. The van der Waals surface area contributed by atoms with Crippen LogP contribution >= 0.6 is 23.2 Å². The summed E-state index contributed by atoms with van der Waals surface area (Å²) in [5.74, 6) is 0.0834. The van der Waals surface area contributed by atoms with Crippen LogP contribution in [-0.2, 0) is 10.2 Å². The predicted octanol–water partition coefficient (Wildman–Crippen LogP) is 6.52. The Kier molecular flexibility index (Phi) is 8.29. The molecule has 35 heavy (non-hydrogen) atoms. The maximum atomic E-state index is 13.2. The Morgan fingerprint density at radius 1 is 1.03 bits per heavy atom. The van der Waals surface area contributed by atoms with E-state index in [2.05, 4.69) is 26.1 Å². The summed E-state index contributed by atoms with van der Waals surface area (Å²) in [5.41, 5.74) is 2.95. The summed E-state index contributed by atoms with van der Waals surface area (Å²) in [4.78, 5) is 27.9. The van der Waals surface area contributed by atoms with E-state index >= 15 is 0 Å². The van der Waals surface area contributed by atoms with Gasteiger partial charge in [-0.3, -0.25) is 9.59 Å². The maximum Gasteiger partial charge on any atom is 0.254 e. The molecule has 186 valence electrons. The van der Waals surface area contributed by atoms with Crippen molar-refractivity contribution in [2.24, 2.45) is 5.92 Å². The second kappa shape index (κ2) is 10.8. The van der Waals surface area contributed by atoms with Gasteiger partial charge in [0.25, 0.3) is 5.91 Å². The van der Waals surface area contributed by atoms with Gasteiger partial charge in [-0.2, -0.15) is 5.10 Å². The van der Waals surface area contributed by atoms with Crippen LogP contribution < -0.4 is 5.32 Å². The number of halogens is 2. The van der Waals surface area contributed by atoms with E-state index in [-0.39, 0.29) is 29.7 Å². The molecule has 0 saturated carbocycles. The molecular formula is C27H32Cl2N4O2. The summed E-state index contributed by atoms with van der Waals surface area (Å²) in [6.45, 7) is 12.5. The van der Waals surface area contributed by atoms with Crippen molar-refractivity contribution in [3.8, 4) is 5.69 Å². The minimum absolute atomic E-state index is 0.120. The molecule has 1 aromatic heterocycles. The van der Waals surface area contributed by atoms with Gasteiger partial charge in [-0.1, -0.05) is 75.5 Å². The molecule has 0 saturated heterocycles. The molecule has 2 aromatic carbocycles. The zero-order valence-corrected chi connectivity index (χ0v) is 22.5. The van der Waals surface area contributed by atoms with Gasteiger partial charge in [0.05, 0.1) is 11.4 Å². The number of nitrogens with zero attached hydrogens (tertiary/aromatic N) is 3. The molecule has 0 aliphatic carbocycles. The molecule has 2 amide bonds. The Bertz CT molecular complexity index is 1190. The van der Waals surface area contributed by atoms with Gasteiger partial charge in [-0.05, 0) is 43.2 Å². The summed E-state index contributed by atoms with van der Waals surface area (Å²) < 4.78 is 1.73. The number of carbonyl (C=O) groups excluding carboxylic acids is 2. The van der Waals surface area contributed by atoms with E-state index in [1.165, 1.54) is 4.90 Å². The van der Waals surface area contributed by atoms with Crippen LogP contribution in [-0.4, -0.2) is 39.6 Å². The number of rotatable bonds is 7. The van der Waals surface area contributed by atoms with Crippen molar-refractivity contribution in [3.05, 3.63) is 75.4 Å². The molecule has 3 rings (SSSR count). The summed E-state index contributed by atoms with van der Waals surface area (Å²) >= 11 is 12.2. The van der Waals surface area contributed by atoms with Crippen LogP contribution in [0.4, 0.5) is 5.82 Å². The molecular weight excluding hydrogens is 483 g/mol. The highest BCUT2D eigenvalue weighted by atomic mass is 35.5. The molecule has 0 radical (unpaired) electrons. The monoisotopic (exact) mass is 514 g/mol. The second-order valence-corrected chi connectivity index (χ2v) is 11.1. The Labute approximate surface area is 217 Å². The average Bonchev–Trinajstić information content (AvgIpc) is 3.16. The molecule has 8 heteroatoms. The van der Waals surface area contributed by atoms with Crippen LogP contribution in [0.2, 0.25) is 10.0 Å². The first-order valence-electron chi connectivity index (χ1n) is 11.6. The lowest BCUT2D eigenvalue weighted by Crippen LogP contribution is -2.40. The second-order valence-electron chi connectivity index (χ2n) is 10.2. The number of benzene rings is 2. The van der Waals surface area contributed by atoms with E-state index in [1.54, 1.807) is 22.9 Å². The molecule has 6 nitrogen and oxygen atoms in total. The number of hydrogen-bond acceptors (Lipinski definition) is 3. The van der Waals surface area contributed by atoms with Crippen molar-refractivity contribution in [3.63, 3.8) is 0 Å².